The van der Waals surface area contributed by atoms with Crippen LogP contribution in [-0.2, 0) is 9.59 Å². The Morgan fingerprint density at radius 1 is 1.06 bits per heavy atom. The van der Waals surface area contributed by atoms with E-state index in [-0.39, 0.29) is 5.91 Å². The molecule has 0 fully saturated rings. The summed E-state index contributed by atoms with van der Waals surface area (Å²) < 4.78 is 0. The summed E-state index contributed by atoms with van der Waals surface area (Å²) in [4.78, 5) is 22.1. The molecular weight excluding hydrogens is 218 g/mol. The molecule has 0 aromatic heterocycles. The minimum Gasteiger partial charge on any atom is -0.480 e. The number of rotatable bonds is 10. The molecule has 4 nitrogen and oxygen atoms in total. The molecule has 0 aromatic rings. The topological polar surface area (TPSA) is 66.4 Å². The first kappa shape index (κ1) is 15.9. The molecule has 0 aliphatic carbocycles. The standard InChI is InChI=1S/C13H25NO3/c1-3-5-6-7-8-9-10-12(15)14-11(4-2)13(16)17/h11H,3-10H2,1-2H3,(H,14,15)(H,16,17)/t11-/m1/s1. The first-order valence-electron chi connectivity index (χ1n) is 6.64. The number of carboxylic acid groups (broad SMARTS) is 1. The average Bonchev–Trinajstić information content (AvgIpc) is 2.30. The number of hydrogen-bond acceptors (Lipinski definition) is 2. The van der Waals surface area contributed by atoms with Crippen LogP contribution in [0.15, 0.2) is 0 Å². The maximum absolute atomic E-state index is 11.4. The molecule has 1 atom stereocenters. The average molecular weight is 243 g/mol. The van der Waals surface area contributed by atoms with Crippen LogP contribution in [0.5, 0.6) is 0 Å². The van der Waals surface area contributed by atoms with Gasteiger partial charge in [-0.05, 0) is 12.8 Å². The summed E-state index contributed by atoms with van der Waals surface area (Å²) in [5.74, 6) is -1.10. The lowest BCUT2D eigenvalue weighted by molar-refractivity contribution is -0.141. The number of amides is 1. The van der Waals surface area contributed by atoms with E-state index < -0.39 is 12.0 Å². The molecule has 0 heterocycles. The predicted octanol–water partition coefficient (Wildman–Crippen LogP) is 2.72. The Labute approximate surface area is 104 Å². The number of unbranched alkanes of at least 4 members (excludes halogenated alkanes) is 5. The molecule has 0 aliphatic rings. The zero-order chi connectivity index (χ0) is 13.1. The SMILES string of the molecule is CCCCCCCCC(=O)N[C@H](CC)C(=O)O. The molecule has 0 saturated carbocycles. The molecule has 0 aliphatic heterocycles. The number of carbonyl (C=O) groups is 2. The van der Waals surface area contributed by atoms with Crippen LogP contribution in [0.25, 0.3) is 0 Å². The summed E-state index contributed by atoms with van der Waals surface area (Å²) >= 11 is 0. The van der Waals surface area contributed by atoms with E-state index in [1.54, 1.807) is 6.92 Å². The van der Waals surface area contributed by atoms with Crippen LogP contribution in [0.3, 0.4) is 0 Å². The van der Waals surface area contributed by atoms with Gasteiger partial charge in [0.15, 0.2) is 0 Å². The summed E-state index contributed by atoms with van der Waals surface area (Å²) in [6.07, 6.45) is 7.64. The normalized spacial score (nSPS) is 12.1. The van der Waals surface area contributed by atoms with Gasteiger partial charge in [0.1, 0.15) is 6.04 Å². The van der Waals surface area contributed by atoms with Gasteiger partial charge in [0.05, 0.1) is 0 Å². The molecule has 2 N–H and O–H groups in total. The van der Waals surface area contributed by atoms with Gasteiger partial charge in [-0.15, -0.1) is 0 Å². The van der Waals surface area contributed by atoms with Crippen LogP contribution in [0, 0.1) is 0 Å². The van der Waals surface area contributed by atoms with E-state index in [1.807, 2.05) is 0 Å². The Morgan fingerprint density at radius 2 is 1.65 bits per heavy atom. The molecule has 0 saturated heterocycles. The van der Waals surface area contributed by atoms with Crippen molar-refractivity contribution in [1.82, 2.24) is 5.32 Å². The van der Waals surface area contributed by atoms with Crippen LogP contribution < -0.4 is 5.32 Å². The third-order valence-corrected chi connectivity index (χ3v) is 2.80. The van der Waals surface area contributed by atoms with Crippen LogP contribution >= 0.6 is 0 Å². The minimum atomic E-state index is -0.955. The lowest BCUT2D eigenvalue weighted by Gasteiger charge is -2.11. The summed E-state index contributed by atoms with van der Waals surface area (Å²) in [5, 5.41) is 11.3. The van der Waals surface area contributed by atoms with Gasteiger partial charge in [-0.2, -0.15) is 0 Å². The molecule has 1 amide bonds. The summed E-state index contributed by atoms with van der Waals surface area (Å²) in [7, 11) is 0. The maximum atomic E-state index is 11.4. The highest BCUT2D eigenvalue weighted by Crippen LogP contribution is 2.07. The van der Waals surface area contributed by atoms with Gasteiger partial charge in [0.2, 0.25) is 5.91 Å². The van der Waals surface area contributed by atoms with E-state index in [0.29, 0.717) is 12.8 Å². The molecular formula is C13H25NO3. The molecule has 0 spiro atoms. The van der Waals surface area contributed by atoms with Gasteiger partial charge in [-0.1, -0.05) is 46.0 Å². The maximum Gasteiger partial charge on any atom is 0.326 e. The highest BCUT2D eigenvalue weighted by atomic mass is 16.4. The molecule has 0 aromatic carbocycles. The van der Waals surface area contributed by atoms with Crippen molar-refractivity contribution in [3.63, 3.8) is 0 Å². The zero-order valence-corrected chi connectivity index (χ0v) is 11.0. The second-order valence-electron chi connectivity index (χ2n) is 4.38. The third-order valence-electron chi connectivity index (χ3n) is 2.80. The number of carbonyl (C=O) groups excluding carboxylic acids is 1. The fourth-order valence-electron chi connectivity index (χ4n) is 1.67. The van der Waals surface area contributed by atoms with Gasteiger partial charge >= 0.3 is 5.97 Å². The van der Waals surface area contributed by atoms with E-state index in [4.69, 9.17) is 5.11 Å². The van der Waals surface area contributed by atoms with Crippen molar-refractivity contribution in [3.05, 3.63) is 0 Å². The second-order valence-corrected chi connectivity index (χ2v) is 4.38. The number of hydrogen-bond donors (Lipinski definition) is 2. The first-order valence-corrected chi connectivity index (χ1v) is 6.64. The summed E-state index contributed by atoms with van der Waals surface area (Å²) in [6, 6.07) is -0.734. The van der Waals surface area contributed by atoms with Crippen LogP contribution in [-0.4, -0.2) is 23.0 Å². The number of carboxylic acids is 1. The lowest BCUT2D eigenvalue weighted by atomic mass is 10.1. The van der Waals surface area contributed by atoms with Gasteiger partial charge in [-0.3, -0.25) is 4.79 Å². The Morgan fingerprint density at radius 3 is 2.18 bits per heavy atom. The Bertz CT molecular complexity index is 229. The van der Waals surface area contributed by atoms with Crippen molar-refractivity contribution in [1.29, 1.82) is 0 Å². The van der Waals surface area contributed by atoms with Gasteiger partial charge < -0.3 is 10.4 Å². The smallest absolute Gasteiger partial charge is 0.326 e. The van der Waals surface area contributed by atoms with Crippen molar-refractivity contribution >= 4 is 11.9 Å². The van der Waals surface area contributed by atoms with Crippen molar-refractivity contribution in [2.24, 2.45) is 0 Å². The lowest BCUT2D eigenvalue weighted by Crippen LogP contribution is -2.40. The molecule has 0 radical (unpaired) electrons. The van der Waals surface area contributed by atoms with Crippen molar-refractivity contribution < 1.29 is 14.7 Å². The summed E-state index contributed by atoms with van der Waals surface area (Å²) in [6.45, 7) is 3.92. The van der Waals surface area contributed by atoms with Crippen LogP contribution in [0.1, 0.15) is 65.2 Å². The Balaban J connectivity index is 3.55. The van der Waals surface area contributed by atoms with Gasteiger partial charge in [-0.25, -0.2) is 4.79 Å². The highest BCUT2D eigenvalue weighted by Gasteiger charge is 2.16. The molecule has 0 rings (SSSR count). The van der Waals surface area contributed by atoms with Gasteiger partial charge in [0, 0.05) is 6.42 Å². The molecule has 4 heteroatoms. The number of aliphatic carboxylic acids is 1. The van der Waals surface area contributed by atoms with Crippen molar-refractivity contribution in [2.45, 2.75) is 71.3 Å². The quantitative estimate of drug-likeness (QED) is 0.580. The molecule has 0 bridgehead atoms. The third kappa shape index (κ3) is 8.72. The largest absolute Gasteiger partial charge is 0.480 e. The van der Waals surface area contributed by atoms with Crippen LogP contribution in [0.2, 0.25) is 0 Å². The van der Waals surface area contributed by atoms with Crippen molar-refractivity contribution in [2.75, 3.05) is 0 Å². The molecule has 0 unspecified atom stereocenters. The van der Waals surface area contributed by atoms with Gasteiger partial charge in [0.25, 0.3) is 0 Å². The predicted molar refractivity (Wildman–Crippen MR) is 67.9 cm³/mol. The minimum absolute atomic E-state index is 0.144. The van der Waals surface area contributed by atoms with E-state index in [9.17, 15) is 9.59 Å². The second kappa shape index (κ2) is 10.1. The Hall–Kier alpha value is -1.06. The number of nitrogens with one attached hydrogen (secondary N) is 1. The van der Waals surface area contributed by atoms with E-state index in [1.165, 1.54) is 19.3 Å². The monoisotopic (exact) mass is 243 g/mol. The van der Waals surface area contributed by atoms with E-state index in [2.05, 4.69) is 12.2 Å². The first-order chi connectivity index (χ1) is 8.11. The molecule has 100 valence electrons. The fraction of sp³-hybridized carbons (Fsp3) is 0.846. The van der Waals surface area contributed by atoms with Crippen LogP contribution in [0.4, 0.5) is 0 Å². The Kier molecular flexibility index (Phi) is 9.49. The molecule has 17 heavy (non-hydrogen) atoms. The fourth-order valence-corrected chi connectivity index (χ4v) is 1.67. The zero-order valence-electron chi connectivity index (χ0n) is 11.0. The van der Waals surface area contributed by atoms with E-state index >= 15 is 0 Å². The van der Waals surface area contributed by atoms with Crippen molar-refractivity contribution in [3.8, 4) is 0 Å². The van der Waals surface area contributed by atoms with E-state index in [0.717, 1.165) is 19.3 Å². The summed E-state index contributed by atoms with van der Waals surface area (Å²) in [5.41, 5.74) is 0. The highest BCUT2D eigenvalue weighted by molar-refractivity contribution is 5.83.